The van der Waals surface area contributed by atoms with Crippen molar-refractivity contribution in [1.29, 1.82) is 0 Å². The number of pyridine rings is 1. The van der Waals surface area contributed by atoms with Gasteiger partial charge in [-0.2, -0.15) is 0 Å². The second kappa shape index (κ2) is 9.26. The van der Waals surface area contributed by atoms with Crippen LogP contribution in [0, 0.1) is 0 Å². The number of methoxy groups -OCH3 is 1. The molecule has 1 amide bonds. The summed E-state index contributed by atoms with van der Waals surface area (Å²) in [5.74, 6) is 1.50. The topological polar surface area (TPSA) is 76.1 Å². The zero-order chi connectivity index (χ0) is 22.6. The highest BCUT2D eigenvalue weighted by Crippen LogP contribution is 2.31. The van der Waals surface area contributed by atoms with Gasteiger partial charge < -0.3 is 15.4 Å². The first-order valence-electron chi connectivity index (χ1n) is 10.6. The van der Waals surface area contributed by atoms with Gasteiger partial charge in [0.25, 0.3) is 5.91 Å². The van der Waals surface area contributed by atoms with Crippen molar-refractivity contribution < 1.29 is 9.53 Å². The van der Waals surface area contributed by atoms with Crippen molar-refractivity contribution in [2.45, 2.75) is 6.42 Å². The van der Waals surface area contributed by atoms with Crippen molar-refractivity contribution in [1.82, 2.24) is 15.3 Å². The summed E-state index contributed by atoms with van der Waals surface area (Å²) in [6.07, 6.45) is 2.54. The van der Waals surface area contributed by atoms with Gasteiger partial charge in [0.1, 0.15) is 11.6 Å². The largest absolute Gasteiger partial charge is 0.497 e. The molecule has 2 heterocycles. The van der Waals surface area contributed by atoms with E-state index in [4.69, 9.17) is 4.74 Å². The number of ether oxygens (including phenoxy) is 1. The second-order valence-corrected chi connectivity index (χ2v) is 8.59. The average molecular weight is 455 g/mol. The van der Waals surface area contributed by atoms with E-state index in [-0.39, 0.29) is 5.91 Å². The number of carbonyl (C=O) groups excluding carboxylic acids is 1. The summed E-state index contributed by atoms with van der Waals surface area (Å²) in [5, 5.41) is 9.22. The molecule has 0 aliphatic carbocycles. The Morgan fingerprint density at radius 3 is 2.73 bits per heavy atom. The van der Waals surface area contributed by atoms with Gasteiger partial charge in [-0.15, -0.1) is 0 Å². The summed E-state index contributed by atoms with van der Waals surface area (Å²) >= 11 is 1.50. The third-order valence-corrected chi connectivity index (χ3v) is 6.34. The number of hydrogen-bond donors (Lipinski definition) is 2. The van der Waals surface area contributed by atoms with Crippen LogP contribution in [0.25, 0.3) is 21.0 Å². The summed E-state index contributed by atoms with van der Waals surface area (Å²) < 4.78 is 6.12. The molecule has 7 heteroatoms. The second-order valence-electron chi connectivity index (χ2n) is 7.56. The minimum atomic E-state index is -0.0935. The lowest BCUT2D eigenvalue weighted by Crippen LogP contribution is -2.25. The summed E-state index contributed by atoms with van der Waals surface area (Å²) in [7, 11) is 1.65. The zero-order valence-electron chi connectivity index (χ0n) is 18.0. The molecule has 0 saturated carbocycles. The molecule has 164 valence electrons. The van der Waals surface area contributed by atoms with Crippen molar-refractivity contribution in [3.8, 4) is 5.75 Å². The van der Waals surface area contributed by atoms with Crippen molar-refractivity contribution >= 4 is 49.2 Å². The Hall–Kier alpha value is -3.97. The molecule has 3 aromatic carbocycles. The van der Waals surface area contributed by atoms with Gasteiger partial charge in [0.15, 0.2) is 5.13 Å². The molecule has 33 heavy (non-hydrogen) atoms. The van der Waals surface area contributed by atoms with Crippen LogP contribution in [0.5, 0.6) is 5.75 Å². The molecule has 0 bridgehead atoms. The van der Waals surface area contributed by atoms with Crippen LogP contribution in [0.2, 0.25) is 0 Å². The first kappa shape index (κ1) is 20.9. The predicted molar refractivity (Wildman–Crippen MR) is 134 cm³/mol. The number of nitrogens with zero attached hydrogens (tertiary/aromatic N) is 2. The van der Waals surface area contributed by atoms with E-state index in [0.717, 1.165) is 49.7 Å². The van der Waals surface area contributed by atoms with Crippen LogP contribution in [0.1, 0.15) is 15.9 Å². The molecule has 6 nitrogen and oxygen atoms in total. The molecule has 2 aromatic heterocycles. The van der Waals surface area contributed by atoms with Crippen molar-refractivity contribution in [3.63, 3.8) is 0 Å². The number of nitrogens with one attached hydrogen (secondary N) is 2. The van der Waals surface area contributed by atoms with Crippen LogP contribution >= 0.6 is 11.3 Å². The van der Waals surface area contributed by atoms with Crippen LogP contribution in [0.4, 0.5) is 10.9 Å². The van der Waals surface area contributed by atoms with E-state index in [1.54, 1.807) is 13.3 Å². The van der Waals surface area contributed by atoms with E-state index < -0.39 is 0 Å². The Labute approximate surface area is 195 Å². The highest BCUT2D eigenvalue weighted by atomic mass is 32.1. The maximum atomic E-state index is 12.7. The fraction of sp³-hybridized carbons (Fsp3) is 0.115. The van der Waals surface area contributed by atoms with Gasteiger partial charge >= 0.3 is 0 Å². The van der Waals surface area contributed by atoms with Crippen molar-refractivity contribution in [2.75, 3.05) is 19.0 Å². The summed E-state index contributed by atoms with van der Waals surface area (Å²) in [5.41, 5.74) is 2.61. The Morgan fingerprint density at radius 2 is 1.88 bits per heavy atom. The van der Waals surface area contributed by atoms with Crippen LogP contribution in [0.15, 0.2) is 79.0 Å². The normalized spacial score (nSPS) is 10.9. The SMILES string of the molecule is COc1ccc(CCNC(=O)c2ccc3nc(Nc4nccc5ccccc45)sc3c2)cc1. The van der Waals surface area contributed by atoms with Gasteiger partial charge in [0.2, 0.25) is 0 Å². The van der Waals surface area contributed by atoms with E-state index in [2.05, 4.69) is 26.7 Å². The lowest BCUT2D eigenvalue weighted by molar-refractivity contribution is 0.0954. The van der Waals surface area contributed by atoms with Crippen LogP contribution < -0.4 is 15.4 Å². The predicted octanol–water partition coefficient (Wildman–Crippen LogP) is 5.57. The molecule has 0 saturated heterocycles. The van der Waals surface area contributed by atoms with Gasteiger partial charge in [-0.1, -0.05) is 47.7 Å². The number of benzene rings is 3. The summed E-state index contributed by atoms with van der Waals surface area (Å²) in [4.78, 5) is 21.8. The Bertz CT molecular complexity index is 1420. The Balaban J connectivity index is 1.27. The Morgan fingerprint density at radius 1 is 1.03 bits per heavy atom. The van der Waals surface area contributed by atoms with E-state index >= 15 is 0 Å². The molecule has 5 aromatic rings. The monoisotopic (exact) mass is 454 g/mol. The van der Waals surface area contributed by atoms with Crippen LogP contribution in [-0.2, 0) is 6.42 Å². The third-order valence-electron chi connectivity index (χ3n) is 5.41. The van der Waals surface area contributed by atoms with Gasteiger partial charge in [0.05, 0.1) is 17.3 Å². The number of fused-ring (bicyclic) bond motifs is 2. The lowest BCUT2D eigenvalue weighted by atomic mass is 10.1. The molecule has 0 atom stereocenters. The highest BCUT2D eigenvalue weighted by Gasteiger charge is 2.11. The maximum Gasteiger partial charge on any atom is 0.251 e. The average Bonchev–Trinajstić information content (AvgIpc) is 3.26. The molecule has 5 rings (SSSR count). The smallest absolute Gasteiger partial charge is 0.251 e. The number of hydrogen-bond acceptors (Lipinski definition) is 6. The molecule has 2 N–H and O–H groups in total. The molecule has 0 unspecified atom stereocenters. The number of anilines is 2. The molecule has 0 radical (unpaired) electrons. The first-order chi connectivity index (χ1) is 16.2. The van der Waals surface area contributed by atoms with Crippen LogP contribution in [-0.4, -0.2) is 29.5 Å². The minimum Gasteiger partial charge on any atom is -0.497 e. The first-order valence-corrected chi connectivity index (χ1v) is 11.4. The van der Waals surface area contributed by atoms with Gasteiger partial charge in [-0.05, 0) is 53.8 Å². The molecule has 0 aliphatic heterocycles. The van der Waals surface area contributed by atoms with E-state index in [9.17, 15) is 4.79 Å². The van der Waals surface area contributed by atoms with E-state index in [1.807, 2.05) is 66.7 Å². The number of carbonyl (C=O) groups is 1. The van der Waals surface area contributed by atoms with Crippen molar-refractivity contribution in [2.24, 2.45) is 0 Å². The summed E-state index contributed by atoms with van der Waals surface area (Å²) in [6, 6.07) is 23.5. The number of amides is 1. The highest BCUT2D eigenvalue weighted by molar-refractivity contribution is 7.22. The Kier molecular flexibility index (Phi) is 5.87. The molecule has 0 spiro atoms. The lowest BCUT2D eigenvalue weighted by Gasteiger charge is -2.06. The number of rotatable bonds is 7. The molecular weight excluding hydrogens is 432 g/mol. The zero-order valence-corrected chi connectivity index (χ0v) is 18.9. The minimum absolute atomic E-state index is 0.0935. The van der Waals surface area contributed by atoms with Gasteiger partial charge in [-0.3, -0.25) is 4.79 Å². The van der Waals surface area contributed by atoms with Gasteiger partial charge in [0, 0.05) is 23.7 Å². The number of thiazole rings is 1. The molecule has 0 fully saturated rings. The van der Waals surface area contributed by atoms with E-state index in [0.29, 0.717) is 12.1 Å². The van der Waals surface area contributed by atoms with Crippen LogP contribution in [0.3, 0.4) is 0 Å². The number of aromatic nitrogens is 2. The fourth-order valence-corrected chi connectivity index (χ4v) is 4.56. The maximum absolute atomic E-state index is 12.7. The van der Waals surface area contributed by atoms with E-state index in [1.165, 1.54) is 11.3 Å². The van der Waals surface area contributed by atoms with Gasteiger partial charge in [-0.25, -0.2) is 9.97 Å². The molecule has 0 aliphatic rings. The quantitative estimate of drug-likeness (QED) is 0.336. The molecular formula is C26H22N4O2S. The van der Waals surface area contributed by atoms with Crippen molar-refractivity contribution in [3.05, 3.63) is 90.1 Å². The summed E-state index contributed by atoms with van der Waals surface area (Å²) in [6.45, 7) is 0.561. The fourth-order valence-electron chi connectivity index (χ4n) is 3.65. The standard InChI is InChI=1S/C26H22N4O2S/c1-32-20-9-6-17(7-10-20)12-14-28-25(31)19-8-11-22-23(16-19)33-26(29-22)30-24-21-5-3-2-4-18(21)13-15-27-24/h2-11,13,15-16H,12,14H2,1H3,(H,28,31)(H,27,29,30). The third kappa shape index (κ3) is 4.63.